The van der Waals surface area contributed by atoms with E-state index in [9.17, 15) is 4.79 Å². The van der Waals surface area contributed by atoms with E-state index in [2.05, 4.69) is 30.7 Å². The zero-order valence-electron chi connectivity index (χ0n) is 17.3. The van der Waals surface area contributed by atoms with Gasteiger partial charge in [0.1, 0.15) is 0 Å². The molecule has 0 atom stereocenters. The Balaban J connectivity index is -0.000000140. The predicted octanol–water partition coefficient (Wildman–Crippen LogP) is 5.96. The molecule has 0 fully saturated rings. The minimum Gasteiger partial charge on any atom is -0.317 e. The van der Waals surface area contributed by atoms with E-state index < -0.39 is 0 Å². The van der Waals surface area contributed by atoms with E-state index in [1.165, 1.54) is 25.9 Å². The highest BCUT2D eigenvalue weighted by Gasteiger charge is 1.99. The standard InChI is InChI=1S/C10H15NO.C6H15N.2C2H6/c1-5-8(3)7-11-9(4)10(12)6-2;1-3-5-7-6-4-2;2*1-2/h5,7H,4,6H2,1-3H3;7H,3-6H2,1-2H3;2*1-2H3/b8-5-,11-7?;;;. The lowest BCUT2D eigenvalue weighted by atomic mass is 10.2. The van der Waals surface area contributed by atoms with E-state index in [0.29, 0.717) is 12.1 Å². The largest absolute Gasteiger partial charge is 0.317 e. The number of allylic oxidation sites excluding steroid dienone is 3. The van der Waals surface area contributed by atoms with E-state index >= 15 is 0 Å². The molecule has 0 aliphatic carbocycles. The number of ketones is 1. The number of nitrogens with one attached hydrogen (secondary N) is 1. The highest BCUT2D eigenvalue weighted by atomic mass is 16.1. The molecule has 1 N–H and O–H groups in total. The van der Waals surface area contributed by atoms with E-state index in [-0.39, 0.29) is 5.78 Å². The summed E-state index contributed by atoms with van der Waals surface area (Å²) in [5.41, 5.74) is 1.36. The normalized spacial score (nSPS) is 9.70. The zero-order valence-corrected chi connectivity index (χ0v) is 17.3. The van der Waals surface area contributed by atoms with Crippen LogP contribution in [0.3, 0.4) is 0 Å². The first-order valence-electron chi connectivity index (χ1n) is 9.13. The van der Waals surface area contributed by atoms with Crippen molar-refractivity contribution in [3.05, 3.63) is 23.9 Å². The van der Waals surface area contributed by atoms with Crippen molar-refractivity contribution in [3.63, 3.8) is 0 Å². The van der Waals surface area contributed by atoms with Gasteiger partial charge in [-0.3, -0.25) is 9.79 Å². The summed E-state index contributed by atoms with van der Waals surface area (Å²) < 4.78 is 0. The SMILES string of the molecule is C=C(N=C/C(C)=C\C)C(=O)CC.CC.CC.CCCNCCC. The lowest BCUT2D eigenvalue weighted by Crippen LogP contribution is -2.14. The zero-order chi connectivity index (χ0) is 19.1. The summed E-state index contributed by atoms with van der Waals surface area (Å²) in [7, 11) is 0. The van der Waals surface area contributed by atoms with Crippen LogP contribution in [0.25, 0.3) is 0 Å². The van der Waals surface area contributed by atoms with Crippen LogP contribution in [0.4, 0.5) is 0 Å². The van der Waals surface area contributed by atoms with Gasteiger partial charge in [-0.2, -0.15) is 0 Å². The van der Waals surface area contributed by atoms with Crippen LogP contribution in [-0.4, -0.2) is 25.1 Å². The Morgan fingerprint density at radius 1 is 1.04 bits per heavy atom. The van der Waals surface area contributed by atoms with E-state index in [4.69, 9.17) is 0 Å². The van der Waals surface area contributed by atoms with Gasteiger partial charge in [0.2, 0.25) is 0 Å². The van der Waals surface area contributed by atoms with Gasteiger partial charge in [-0.15, -0.1) is 0 Å². The molecule has 0 unspecified atom stereocenters. The second-order valence-corrected chi connectivity index (χ2v) is 4.26. The Morgan fingerprint density at radius 3 is 1.78 bits per heavy atom. The summed E-state index contributed by atoms with van der Waals surface area (Å²) in [6.45, 7) is 23.9. The molecule has 138 valence electrons. The average Bonchev–Trinajstić information content (AvgIpc) is 2.62. The first kappa shape index (κ1) is 29.7. The fourth-order valence-corrected chi connectivity index (χ4v) is 1.01. The third-order valence-corrected chi connectivity index (χ3v) is 2.38. The third kappa shape index (κ3) is 29.4. The van der Waals surface area contributed by atoms with E-state index in [1.807, 2.05) is 47.6 Å². The topological polar surface area (TPSA) is 41.5 Å². The molecule has 0 saturated heterocycles. The van der Waals surface area contributed by atoms with Crippen LogP contribution >= 0.6 is 0 Å². The molecule has 0 bridgehead atoms. The van der Waals surface area contributed by atoms with Crippen LogP contribution in [0.15, 0.2) is 28.9 Å². The van der Waals surface area contributed by atoms with Crippen LogP contribution < -0.4 is 5.32 Å². The molecule has 0 rings (SSSR count). The highest BCUT2D eigenvalue weighted by Crippen LogP contribution is 1.98. The summed E-state index contributed by atoms with van der Waals surface area (Å²) in [6, 6.07) is 0. The Morgan fingerprint density at radius 2 is 1.48 bits per heavy atom. The minimum atomic E-state index is -0.00449. The Bertz CT molecular complexity index is 301. The van der Waals surface area contributed by atoms with Gasteiger partial charge in [0.15, 0.2) is 5.78 Å². The predicted molar refractivity (Wildman–Crippen MR) is 109 cm³/mol. The molecule has 0 spiro atoms. The van der Waals surface area contributed by atoms with Crippen molar-refractivity contribution in [2.75, 3.05) is 13.1 Å². The third-order valence-electron chi connectivity index (χ3n) is 2.38. The fraction of sp³-hybridized carbons (Fsp3) is 0.700. The van der Waals surface area contributed by atoms with Gasteiger partial charge in [-0.1, -0.05) is 61.1 Å². The summed E-state index contributed by atoms with van der Waals surface area (Å²) in [5.74, 6) is -0.00449. The van der Waals surface area contributed by atoms with Crippen molar-refractivity contribution in [3.8, 4) is 0 Å². The maximum absolute atomic E-state index is 11.0. The molecule has 0 aromatic heterocycles. The van der Waals surface area contributed by atoms with Gasteiger partial charge in [0.25, 0.3) is 0 Å². The Labute approximate surface area is 146 Å². The number of nitrogens with zero attached hydrogens (tertiary/aromatic N) is 1. The van der Waals surface area contributed by atoms with Crippen LogP contribution in [0.1, 0.15) is 81.6 Å². The molecule has 0 aromatic rings. The van der Waals surface area contributed by atoms with Gasteiger partial charge in [-0.05, 0) is 45.4 Å². The molecule has 3 heteroatoms. The molecule has 0 aliphatic rings. The van der Waals surface area contributed by atoms with Gasteiger partial charge in [-0.25, -0.2) is 0 Å². The molecule has 3 nitrogen and oxygen atoms in total. The quantitative estimate of drug-likeness (QED) is 0.339. The van der Waals surface area contributed by atoms with Gasteiger partial charge in [0, 0.05) is 12.6 Å². The molecule has 0 aromatic carbocycles. The first-order valence-corrected chi connectivity index (χ1v) is 9.13. The molecule has 23 heavy (non-hydrogen) atoms. The smallest absolute Gasteiger partial charge is 0.180 e. The number of aliphatic imine (C=N–C) groups is 1. The molecule has 0 heterocycles. The first-order chi connectivity index (χ1) is 11.0. The number of carbonyl (C=O) groups excluding carboxylic acids is 1. The lowest BCUT2D eigenvalue weighted by molar-refractivity contribution is -0.115. The molecular weight excluding hydrogens is 284 g/mol. The Hall–Kier alpha value is -1.22. The number of carbonyl (C=O) groups is 1. The van der Waals surface area contributed by atoms with Crippen molar-refractivity contribution in [1.82, 2.24) is 5.32 Å². The molecule has 0 saturated carbocycles. The molecule has 0 amide bonds. The lowest BCUT2D eigenvalue weighted by Gasteiger charge is -1.95. The number of hydrogen-bond acceptors (Lipinski definition) is 3. The van der Waals surface area contributed by atoms with Crippen LogP contribution in [0.2, 0.25) is 0 Å². The summed E-state index contributed by atoms with van der Waals surface area (Å²) in [4.78, 5) is 14.9. The summed E-state index contributed by atoms with van der Waals surface area (Å²) >= 11 is 0. The molecule has 0 radical (unpaired) electrons. The highest BCUT2D eigenvalue weighted by molar-refractivity contribution is 5.96. The van der Waals surface area contributed by atoms with Crippen molar-refractivity contribution < 1.29 is 4.79 Å². The van der Waals surface area contributed by atoms with Gasteiger partial charge >= 0.3 is 0 Å². The number of hydrogen-bond donors (Lipinski definition) is 1. The average molecular weight is 327 g/mol. The molecule has 0 aliphatic heterocycles. The monoisotopic (exact) mass is 326 g/mol. The maximum Gasteiger partial charge on any atom is 0.180 e. The number of rotatable bonds is 8. The van der Waals surface area contributed by atoms with Gasteiger partial charge < -0.3 is 5.32 Å². The van der Waals surface area contributed by atoms with Crippen molar-refractivity contribution in [2.45, 2.75) is 81.6 Å². The molecular formula is C20H42N2O. The van der Waals surface area contributed by atoms with Crippen LogP contribution in [-0.2, 0) is 4.79 Å². The van der Waals surface area contributed by atoms with Crippen molar-refractivity contribution >= 4 is 12.0 Å². The second kappa shape index (κ2) is 28.9. The minimum absolute atomic E-state index is 0.00449. The van der Waals surface area contributed by atoms with Crippen molar-refractivity contribution in [1.29, 1.82) is 0 Å². The van der Waals surface area contributed by atoms with Crippen LogP contribution in [0, 0.1) is 0 Å². The van der Waals surface area contributed by atoms with Crippen molar-refractivity contribution in [2.24, 2.45) is 4.99 Å². The number of Topliss-reactive ketones (excluding diaryl/α,β-unsaturated/α-hetero) is 1. The van der Waals surface area contributed by atoms with Gasteiger partial charge in [0.05, 0.1) is 5.70 Å². The summed E-state index contributed by atoms with van der Waals surface area (Å²) in [5, 5.41) is 3.28. The summed E-state index contributed by atoms with van der Waals surface area (Å²) in [6.07, 6.45) is 6.54. The van der Waals surface area contributed by atoms with E-state index in [0.717, 1.165) is 5.57 Å². The maximum atomic E-state index is 11.0. The second-order valence-electron chi connectivity index (χ2n) is 4.26. The Kier molecular flexibility index (Phi) is 37.3. The van der Waals surface area contributed by atoms with Crippen LogP contribution in [0.5, 0.6) is 0 Å². The van der Waals surface area contributed by atoms with E-state index in [1.54, 1.807) is 13.1 Å². The fourth-order valence-electron chi connectivity index (χ4n) is 1.01.